The van der Waals surface area contributed by atoms with Gasteiger partial charge in [0.15, 0.2) is 0 Å². The first-order valence-electron chi connectivity index (χ1n) is 9.37. The summed E-state index contributed by atoms with van der Waals surface area (Å²) in [5.41, 5.74) is 0. The van der Waals surface area contributed by atoms with Crippen molar-refractivity contribution >= 4 is 0 Å². The maximum atomic E-state index is 3.63. The second-order valence-corrected chi connectivity index (χ2v) is 7.11. The first-order valence-corrected chi connectivity index (χ1v) is 9.37. The van der Waals surface area contributed by atoms with E-state index in [0.717, 1.165) is 29.7 Å². The van der Waals surface area contributed by atoms with Gasteiger partial charge in [0.05, 0.1) is 0 Å². The fraction of sp³-hybridized carbons (Fsp3) is 1.00. The molecule has 5 atom stereocenters. The Morgan fingerprint density at radius 3 is 2.25 bits per heavy atom. The molecule has 1 N–H and O–H groups in total. The molecule has 0 spiro atoms. The lowest BCUT2D eigenvalue weighted by Crippen LogP contribution is -2.43. The van der Waals surface area contributed by atoms with Gasteiger partial charge >= 0.3 is 0 Å². The summed E-state index contributed by atoms with van der Waals surface area (Å²) in [5.74, 6) is 3.84. The van der Waals surface area contributed by atoms with E-state index in [1.54, 1.807) is 0 Å². The molecule has 0 amide bonds. The van der Waals surface area contributed by atoms with E-state index < -0.39 is 0 Å². The minimum Gasteiger partial charge on any atom is -0.317 e. The van der Waals surface area contributed by atoms with Gasteiger partial charge in [0.25, 0.3) is 0 Å². The average Bonchev–Trinajstić information content (AvgIpc) is 2.49. The van der Waals surface area contributed by atoms with E-state index in [0.29, 0.717) is 0 Å². The van der Waals surface area contributed by atoms with Gasteiger partial charge in [0.1, 0.15) is 0 Å². The van der Waals surface area contributed by atoms with Crippen LogP contribution >= 0.6 is 0 Å². The quantitative estimate of drug-likeness (QED) is 0.576. The highest BCUT2D eigenvalue weighted by molar-refractivity contribution is 4.88. The third-order valence-corrected chi connectivity index (χ3v) is 5.97. The Morgan fingerprint density at radius 2 is 1.75 bits per heavy atom. The highest BCUT2D eigenvalue weighted by Gasteiger charge is 2.34. The fourth-order valence-corrected chi connectivity index (χ4v) is 4.65. The molecule has 0 aromatic carbocycles. The first-order chi connectivity index (χ1) is 9.69. The first kappa shape index (κ1) is 18.0. The standard InChI is InChI=1S/C19H39N/c1-6-10-15(7-2)11-12-16-13-17(8-3)18(9-4)19(14-16)20-5/h15-20H,6-14H2,1-5H3. The molecule has 1 fully saturated rings. The second kappa shape index (κ2) is 9.82. The Hall–Kier alpha value is -0.0400. The van der Waals surface area contributed by atoms with Gasteiger partial charge in [-0.05, 0) is 43.6 Å². The number of nitrogens with one attached hydrogen (secondary N) is 1. The van der Waals surface area contributed by atoms with Crippen molar-refractivity contribution in [2.45, 2.75) is 91.5 Å². The number of rotatable bonds is 9. The van der Waals surface area contributed by atoms with Gasteiger partial charge in [-0.25, -0.2) is 0 Å². The molecule has 120 valence electrons. The van der Waals surface area contributed by atoms with Crippen LogP contribution in [0.25, 0.3) is 0 Å². The molecule has 1 aliphatic carbocycles. The van der Waals surface area contributed by atoms with Gasteiger partial charge in [-0.1, -0.05) is 72.6 Å². The molecule has 1 rings (SSSR count). The van der Waals surface area contributed by atoms with Gasteiger partial charge in [-0.3, -0.25) is 0 Å². The molecular formula is C19H39N. The van der Waals surface area contributed by atoms with Gasteiger partial charge in [0.2, 0.25) is 0 Å². The van der Waals surface area contributed by atoms with Crippen LogP contribution in [0.5, 0.6) is 0 Å². The third-order valence-electron chi connectivity index (χ3n) is 5.97. The molecule has 1 heteroatoms. The minimum absolute atomic E-state index is 0.773. The molecule has 0 saturated heterocycles. The molecule has 20 heavy (non-hydrogen) atoms. The summed E-state index contributed by atoms with van der Waals surface area (Å²) in [4.78, 5) is 0. The zero-order chi connectivity index (χ0) is 15.0. The van der Waals surface area contributed by atoms with E-state index in [1.807, 2.05) is 0 Å². The normalized spacial score (nSPS) is 32.2. The number of hydrogen-bond donors (Lipinski definition) is 1. The van der Waals surface area contributed by atoms with Crippen molar-refractivity contribution in [2.75, 3.05) is 7.05 Å². The summed E-state index contributed by atoms with van der Waals surface area (Å²) in [7, 11) is 2.17. The zero-order valence-electron chi connectivity index (χ0n) is 14.8. The molecule has 0 aromatic rings. The van der Waals surface area contributed by atoms with Gasteiger partial charge < -0.3 is 5.32 Å². The molecular weight excluding hydrogens is 242 g/mol. The predicted octanol–water partition coefficient (Wildman–Crippen LogP) is 5.64. The number of hydrogen-bond acceptors (Lipinski definition) is 1. The lowest BCUT2D eigenvalue weighted by Gasteiger charge is -2.42. The van der Waals surface area contributed by atoms with Crippen molar-refractivity contribution in [1.82, 2.24) is 5.32 Å². The molecule has 0 aliphatic heterocycles. The van der Waals surface area contributed by atoms with E-state index in [-0.39, 0.29) is 0 Å². The van der Waals surface area contributed by atoms with E-state index in [1.165, 1.54) is 57.8 Å². The average molecular weight is 282 g/mol. The molecule has 1 aliphatic rings. The summed E-state index contributed by atoms with van der Waals surface area (Å²) in [6.45, 7) is 9.49. The summed E-state index contributed by atoms with van der Waals surface area (Å²) in [6.07, 6.45) is 12.8. The maximum Gasteiger partial charge on any atom is 0.00975 e. The van der Waals surface area contributed by atoms with Crippen molar-refractivity contribution < 1.29 is 0 Å². The highest BCUT2D eigenvalue weighted by atomic mass is 14.9. The van der Waals surface area contributed by atoms with Crippen LogP contribution in [-0.2, 0) is 0 Å². The van der Waals surface area contributed by atoms with Crippen molar-refractivity contribution in [2.24, 2.45) is 23.7 Å². The second-order valence-electron chi connectivity index (χ2n) is 7.11. The van der Waals surface area contributed by atoms with Crippen molar-refractivity contribution in [3.63, 3.8) is 0 Å². The Morgan fingerprint density at radius 1 is 1.00 bits per heavy atom. The van der Waals surface area contributed by atoms with E-state index in [9.17, 15) is 0 Å². The van der Waals surface area contributed by atoms with Crippen LogP contribution in [0.15, 0.2) is 0 Å². The van der Waals surface area contributed by atoms with Gasteiger partial charge in [0, 0.05) is 6.04 Å². The van der Waals surface area contributed by atoms with Crippen LogP contribution in [0, 0.1) is 23.7 Å². The molecule has 1 saturated carbocycles. The predicted molar refractivity (Wildman–Crippen MR) is 91.1 cm³/mol. The molecule has 0 aromatic heterocycles. The highest BCUT2D eigenvalue weighted by Crippen LogP contribution is 2.40. The summed E-state index contributed by atoms with van der Waals surface area (Å²) >= 11 is 0. The lowest BCUT2D eigenvalue weighted by atomic mass is 9.67. The van der Waals surface area contributed by atoms with Crippen LogP contribution in [0.4, 0.5) is 0 Å². The molecule has 0 radical (unpaired) electrons. The van der Waals surface area contributed by atoms with Gasteiger partial charge in [-0.2, -0.15) is 0 Å². The van der Waals surface area contributed by atoms with Crippen molar-refractivity contribution in [1.29, 1.82) is 0 Å². The Bertz CT molecular complexity index is 224. The summed E-state index contributed by atoms with van der Waals surface area (Å²) in [5, 5.41) is 3.63. The molecule has 1 nitrogen and oxygen atoms in total. The fourth-order valence-electron chi connectivity index (χ4n) is 4.65. The summed E-state index contributed by atoms with van der Waals surface area (Å²) < 4.78 is 0. The van der Waals surface area contributed by atoms with Crippen LogP contribution in [-0.4, -0.2) is 13.1 Å². The Kier molecular flexibility index (Phi) is 8.84. The van der Waals surface area contributed by atoms with Crippen LogP contribution in [0.3, 0.4) is 0 Å². The smallest absolute Gasteiger partial charge is 0.00975 e. The van der Waals surface area contributed by atoms with Crippen molar-refractivity contribution in [3.8, 4) is 0 Å². The van der Waals surface area contributed by atoms with E-state index in [4.69, 9.17) is 0 Å². The Balaban J connectivity index is 2.50. The molecule has 0 heterocycles. The van der Waals surface area contributed by atoms with Gasteiger partial charge in [-0.15, -0.1) is 0 Å². The third kappa shape index (κ3) is 5.06. The van der Waals surface area contributed by atoms with Crippen LogP contribution in [0.2, 0.25) is 0 Å². The maximum absolute atomic E-state index is 3.63. The minimum atomic E-state index is 0.773. The topological polar surface area (TPSA) is 12.0 Å². The monoisotopic (exact) mass is 281 g/mol. The molecule has 0 bridgehead atoms. The lowest BCUT2D eigenvalue weighted by molar-refractivity contribution is 0.117. The van der Waals surface area contributed by atoms with Crippen LogP contribution in [0.1, 0.15) is 85.5 Å². The SMILES string of the molecule is CCCC(CC)CCC1CC(CC)C(CC)C(NC)C1. The van der Waals surface area contributed by atoms with E-state index in [2.05, 4.69) is 40.1 Å². The van der Waals surface area contributed by atoms with E-state index >= 15 is 0 Å². The molecule has 5 unspecified atom stereocenters. The van der Waals surface area contributed by atoms with Crippen molar-refractivity contribution in [3.05, 3.63) is 0 Å². The largest absolute Gasteiger partial charge is 0.317 e. The van der Waals surface area contributed by atoms with Crippen LogP contribution < -0.4 is 5.32 Å². The summed E-state index contributed by atoms with van der Waals surface area (Å²) in [6, 6.07) is 0.773. The zero-order valence-corrected chi connectivity index (χ0v) is 14.8. The Labute approximate surface area is 128 Å².